The van der Waals surface area contributed by atoms with Crippen LogP contribution >= 0.6 is 0 Å². The molecule has 0 aliphatic carbocycles. The number of morpholine rings is 1. The van der Waals surface area contributed by atoms with Crippen LogP contribution in [0.1, 0.15) is 42.3 Å². The van der Waals surface area contributed by atoms with E-state index in [1.54, 1.807) is 0 Å². The van der Waals surface area contributed by atoms with E-state index >= 15 is 0 Å². The second-order valence-electron chi connectivity index (χ2n) is 8.31. The molecule has 4 nitrogen and oxygen atoms in total. The van der Waals surface area contributed by atoms with Crippen molar-refractivity contribution in [2.75, 3.05) is 31.2 Å². The summed E-state index contributed by atoms with van der Waals surface area (Å²) in [5.74, 6) is 0. The van der Waals surface area contributed by atoms with Crippen LogP contribution in [0.5, 0.6) is 0 Å². The van der Waals surface area contributed by atoms with Crippen molar-refractivity contribution in [3.63, 3.8) is 0 Å². The van der Waals surface area contributed by atoms with E-state index < -0.39 is 0 Å². The van der Waals surface area contributed by atoms with Gasteiger partial charge in [0.2, 0.25) is 0 Å². The molecule has 4 rings (SSSR count). The normalized spacial score (nSPS) is 14.5. The first-order valence-corrected chi connectivity index (χ1v) is 11.4. The maximum absolute atomic E-state index is 5.44. The standard InChI is InChI=1S/C27H33N3O/c1-4-5-6-23-7-11-27(12-8-23)30-21(2)19-24(22(30)3)20-28-25-9-13-26(14-10-25)29-15-17-31-18-16-29/h7-14,19-20H,4-6,15-18H2,1-3H3. The van der Waals surface area contributed by atoms with Gasteiger partial charge in [0.1, 0.15) is 0 Å². The zero-order valence-electron chi connectivity index (χ0n) is 19.0. The zero-order valence-corrected chi connectivity index (χ0v) is 19.0. The van der Waals surface area contributed by atoms with Gasteiger partial charge in [0, 0.05) is 47.6 Å². The molecule has 162 valence electrons. The van der Waals surface area contributed by atoms with Crippen LogP contribution in [-0.4, -0.2) is 37.1 Å². The number of unbranched alkanes of at least 4 members (excludes halogenated alkanes) is 1. The van der Waals surface area contributed by atoms with Crippen molar-refractivity contribution in [2.45, 2.75) is 40.0 Å². The largest absolute Gasteiger partial charge is 0.378 e. The summed E-state index contributed by atoms with van der Waals surface area (Å²) in [4.78, 5) is 7.10. The number of anilines is 1. The fourth-order valence-electron chi connectivity index (χ4n) is 4.22. The van der Waals surface area contributed by atoms with E-state index in [1.807, 2.05) is 6.21 Å². The van der Waals surface area contributed by atoms with Gasteiger partial charge >= 0.3 is 0 Å². The molecular formula is C27H33N3O. The third kappa shape index (κ3) is 5.08. The molecular weight excluding hydrogens is 382 g/mol. The maximum Gasteiger partial charge on any atom is 0.0642 e. The van der Waals surface area contributed by atoms with E-state index in [1.165, 1.54) is 41.2 Å². The number of aryl methyl sites for hydroxylation is 2. The minimum Gasteiger partial charge on any atom is -0.378 e. The van der Waals surface area contributed by atoms with Gasteiger partial charge in [0.05, 0.1) is 18.9 Å². The van der Waals surface area contributed by atoms with Gasteiger partial charge < -0.3 is 14.2 Å². The molecule has 0 atom stereocenters. The molecule has 31 heavy (non-hydrogen) atoms. The van der Waals surface area contributed by atoms with Gasteiger partial charge in [0.25, 0.3) is 0 Å². The summed E-state index contributed by atoms with van der Waals surface area (Å²) in [5, 5.41) is 0. The fourth-order valence-corrected chi connectivity index (χ4v) is 4.22. The Morgan fingerprint density at radius 3 is 2.29 bits per heavy atom. The average Bonchev–Trinajstić information content (AvgIpc) is 3.10. The monoisotopic (exact) mass is 415 g/mol. The number of aromatic nitrogens is 1. The van der Waals surface area contributed by atoms with Crippen molar-refractivity contribution in [1.29, 1.82) is 0 Å². The molecule has 1 aromatic heterocycles. The van der Waals surface area contributed by atoms with Crippen molar-refractivity contribution in [3.8, 4) is 5.69 Å². The zero-order chi connectivity index (χ0) is 21.6. The molecule has 0 bridgehead atoms. The van der Waals surface area contributed by atoms with Gasteiger partial charge in [-0.1, -0.05) is 25.5 Å². The Hall–Kier alpha value is -2.85. The molecule has 0 radical (unpaired) electrons. The SMILES string of the molecule is CCCCc1ccc(-n2c(C)cc(C=Nc3ccc(N4CCOCC4)cc3)c2C)cc1. The molecule has 1 aliphatic rings. The van der Waals surface area contributed by atoms with E-state index in [4.69, 9.17) is 9.73 Å². The van der Waals surface area contributed by atoms with Crippen molar-refractivity contribution >= 4 is 17.6 Å². The topological polar surface area (TPSA) is 29.8 Å². The molecule has 2 heterocycles. The quantitative estimate of drug-likeness (QED) is 0.441. The predicted octanol–water partition coefficient (Wildman–Crippen LogP) is 6.02. The second-order valence-corrected chi connectivity index (χ2v) is 8.31. The fraction of sp³-hybridized carbons (Fsp3) is 0.370. The smallest absolute Gasteiger partial charge is 0.0642 e. The molecule has 2 aromatic carbocycles. The van der Waals surface area contributed by atoms with E-state index in [0.29, 0.717) is 0 Å². The number of benzene rings is 2. The van der Waals surface area contributed by atoms with E-state index in [9.17, 15) is 0 Å². The average molecular weight is 416 g/mol. The first-order valence-electron chi connectivity index (χ1n) is 11.4. The van der Waals surface area contributed by atoms with E-state index in [0.717, 1.165) is 44.0 Å². The van der Waals surface area contributed by atoms with Crippen LogP contribution in [0, 0.1) is 13.8 Å². The Kier molecular flexibility index (Phi) is 6.88. The lowest BCUT2D eigenvalue weighted by Gasteiger charge is -2.28. The summed E-state index contributed by atoms with van der Waals surface area (Å²) >= 11 is 0. The third-order valence-corrected chi connectivity index (χ3v) is 6.06. The predicted molar refractivity (Wildman–Crippen MR) is 131 cm³/mol. The van der Waals surface area contributed by atoms with Crippen LogP contribution < -0.4 is 4.90 Å². The van der Waals surface area contributed by atoms with Crippen LogP contribution in [-0.2, 0) is 11.2 Å². The van der Waals surface area contributed by atoms with Crippen LogP contribution in [0.4, 0.5) is 11.4 Å². The van der Waals surface area contributed by atoms with Crippen LogP contribution in [0.25, 0.3) is 5.69 Å². The first kappa shape index (κ1) is 21.4. The maximum atomic E-state index is 5.44. The number of hydrogen-bond donors (Lipinski definition) is 0. The lowest BCUT2D eigenvalue weighted by Crippen LogP contribution is -2.36. The van der Waals surface area contributed by atoms with Crippen molar-refractivity contribution in [3.05, 3.63) is 77.1 Å². The van der Waals surface area contributed by atoms with Crippen molar-refractivity contribution in [2.24, 2.45) is 4.99 Å². The summed E-state index contributed by atoms with van der Waals surface area (Å²) in [6.45, 7) is 10.1. The van der Waals surface area contributed by atoms with E-state index in [-0.39, 0.29) is 0 Å². The summed E-state index contributed by atoms with van der Waals surface area (Å²) in [5.41, 5.74) is 8.44. The summed E-state index contributed by atoms with van der Waals surface area (Å²) in [6, 6.07) is 19.7. The highest BCUT2D eigenvalue weighted by Gasteiger charge is 2.11. The Morgan fingerprint density at radius 1 is 0.935 bits per heavy atom. The minimum absolute atomic E-state index is 0.803. The van der Waals surface area contributed by atoms with Crippen molar-refractivity contribution < 1.29 is 4.74 Å². The highest BCUT2D eigenvalue weighted by Crippen LogP contribution is 2.23. The Bertz CT molecular complexity index is 1010. The van der Waals surface area contributed by atoms with Crippen molar-refractivity contribution in [1.82, 2.24) is 4.57 Å². The highest BCUT2D eigenvalue weighted by atomic mass is 16.5. The molecule has 0 saturated carbocycles. The van der Waals surface area contributed by atoms with Crippen LogP contribution in [0.15, 0.2) is 59.6 Å². The number of hydrogen-bond acceptors (Lipinski definition) is 3. The van der Waals surface area contributed by atoms with Gasteiger partial charge in [-0.05, 0) is 74.7 Å². The highest BCUT2D eigenvalue weighted by molar-refractivity contribution is 5.84. The summed E-state index contributed by atoms with van der Waals surface area (Å²) in [6.07, 6.45) is 5.62. The molecule has 4 heteroatoms. The van der Waals surface area contributed by atoms with Gasteiger partial charge in [-0.15, -0.1) is 0 Å². The second kappa shape index (κ2) is 9.97. The van der Waals surface area contributed by atoms with Gasteiger partial charge in [-0.3, -0.25) is 4.99 Å². The third-order valence-electron chi connectivity index (χ3n) is 6.06. The van der Waals surface area contributed by atoms with E-state index in [2.05, 4.69) is 84.8 Å². The van der Waals surface area contributed by atoms with Crippen LogP contribution in [0.2, 0.25) is 0 Å². The Morgan fingerprint density at radius 2 is 1.61 bits per heavy atom. The molecule has 0 amide bonds. The molecule has 1 fully saturated rings. The molecule has 1 saturated heterocycles. The number of nitrogens with zero attached hydrogens (tertiary/aromatic N) is 3. The molecule has 0 N–H and O–H groups in total. The van der Waals surface area contributed by atoms with Crippen LogP contribution in [0.3, 0.4) is 0 Å². The number of ether oxygens (including phenoxy) is 1. The molecule has 0 spiro atoms. The molecule has 1 aliphatic heterocycles. The summed E-state index contributed by atoms with van der Waals surface area (Å²) in [7, 11) is 0. The van der Waals surface area contributed by atoms with Gasteiger partial charge in [0.15, 0.2) is 0 Å². The number of aliphatic imine (C=N–C) groups is 1. The first-order chi connectivity index (χ1) is 15.2. The number of rotatable bonds is 7. The Balaban J connectivity index is 1.48. The van der Waals surface area contributed by atoms with Gasteiger partial charge in [-0.2, -0.15) is 0 Å². The molecule has 3 aromatic rings. The van der Waals surface area contributed by atoms with Gasteiger partial charge in [-0.25, -0.2) is 0 Å². The Labute approximate surface area is 186 Å². The minimum atomic E-state index is 0.803. The molecule has 0 unspecified atom stereocenters. The lowest BCUT2D eigenvalue weighted by molar-refractivity contribution is 0.122. The summed E-state index contributed by atoms with van der Waals surface area (Å²) < 4.78 is 7.75. The lowest BCUT2D eigenvalue weighted by atomic mass is 10.1.